The minimum atomic E-state index is -0.0313. The summed E-state index contributed by atoms with van der Waals surface area (Å²) in [6, 6.07) is 4.15. The molecule has 1 aromatic rings. The van der Waals surface area contributed by atoms with Crippen molar-refractivity contribution in [2.45, 2.75) is 52.7 Å². The summed E-state index contributed by atoms with van der Waals surface area (Å²) in [6.07, 6.45) is 2.20. The van der Waals surface area contributed by atoms with Crippen molar-refractivity contribution in [2.75, 3.05) is 6.54 Å². The second kappa shape index (κ2) is 6.72. The summed E-state index contributed by atoms with van der Waals surface area (Å²) in [6.45, 7) is 9.56. The highest BCUT2D eigenvalue weighted by Gasteiger charge is 2.42. The van der Waals surface area contributed by atoms with Gasteiger partial charge < -0.3 is 4.90 Å². The lowest BCUT2D eigenvalue weighted by Gasteiger charge is -2.26. The highest BCUT2D eigenvalue weighted by molar-refractivity contribution is 7.10. The third-order valence-corrected chi connectivity index (χ3v) is 5.35. The molecule has 20 heavy (non-hydrogen) atoms. The number of nitrogens with one attached hydrogen (secondary N) is 1. The van der Waals surface area contributed by atoms with Crippen LogP contribution < -0.4 is 5.32 Å². The number of hydrogen-bond donors (Lipinski definition) is 1. The average Bonchev–Trinajstić information content (AvgIpc) is 3.07. The Hall–Kier alpha value is -0.870. The first-order chi connectivity index (χ1) is 9.58. The van der Waals surface area contributed by atoms with Crippen LogP contribution in [-0.4, -0.2) is 23.4 Å². The van der Waals surface area contributed by atoms with Gasteiger partial charge in [0, 0.05) is 11.4 Å². The summed E-state index contributed by atoms with van der Waals surface area (Å²) in [5.41, 5.74) is 0. The van der Waals surface area contributed by atoms with Crippen LogP contribution in [0, 0.1) is 11.8 Å². The lowest BCUT2D eigenvalue weighted by molar-refractivity contribution is -0.131. The Morgan fingerprint density at radius 2 is 2.10 bits per heavy atom. The Bertz CT molecular complexity index is 432. The molecular formula is C16H26N2OS. The second-order valence-electron chi connectivity index (χ2n) is 5.95. The third-order valence-electron chi connectivity index (χ3n) is 4.43. The van der Waals surface area contributed by atoms with E-state index in [4.69, 9.17) is 0 Å². The molecule has 0 aliphatic carbocycles. The van der Waals surface area contributed by atoms with Gasteiger partial charge in [-0.15, -0.1) is 11.3 Å². The predicted molar refractivity (Wildman–Crippen MR) is 84.6 cm³/mol. The van der Waals surface area contributed by atoms with Crippen molar-refractivity contribution in [2.24, 2.45) is 11.8 Å². The van der Waals surface area contributed by atoms with Crippen molar-refractivity contribution >= 4 is 17.2 Å². The van der Waals surface area contributed by atoms with Crippen LogP contribution in [0.2, 0.25) is 0 Å². The van der Waals surface area contributed by atoms with Crippen molar-refractivity contribution in [3.63, 3.8) is 0 Å². The SMILES string of the molecule is CCC(C)CN1C(=O)C(C(C)CC)NC1c1cccs1. The molecule has 4 atom stereocenters. The number of hydrogen-bond acceptors (Lipinski definition) is 3. The maximum Gasteiger partial charge on any atom is 0.241 e. The highest BCUT2D eigenvalue weighted by Crippen LogP contribution is 2.32. The molecule has 1 amide bonds. The topological polar surface area (TPSA) is 32.3 Å². The van der Waals surface area contributed by atoms with Gasteiger partial charge in [0.25, 0.3) is 0 Å². The van der Waals surface area contributed by atoms with Gasteiger partial charge >= 0.3 is 0 Å². The summed E-state index contributed by atoms with van der Waals surface area (Å²) < 4.78 is 0. The molecule has 1 aliphatic rings. The van der Waals surface area contributed by atoms with Gasteiger partial charge in [0.1, 0.15) is 6.17 Å². The van der Waals surface area contributed by atoms with Gasteiger partial charge in [-0.05, 0) is 23.3 Å². The molecule has 4 unspecified atom stereocenters. The number of rotatable bonds is 6. The van der Waals surface area contributed by atoms with Gasteiger partial charge in [0.2, 0.25) is 5.91 Å². The zero-order chi connectivity index (χ0) is 14.7. The molecular weight excluding hydrogens is 268 g/mol. The molecule has 4 heteroatoms. The lowest BCUT2D eigenvalue weighted by atomic mass is 9.99. The van der Waals surface area contributed by atoms with E-state index >= 15 is 0 Å². The van der Waals surface area contributed by atoms with Crippen LogP contribution in [0.3, 0.4) is 0 Å². The van der Waals surface area contributed by atoms with Gasteiger partial charge in [-0.3, -0.25) is 10.1 Å². The van der Waals surface area contributed by atoms with E-state index < -0.39 is 0 Å². The summed E-state index contributed by atoms with van der Waals surface area (Å²) in [4.78, 5) is 16.0. The van der Waals surface area contributed by atoms with Crippen molar-refractivity contribution in [3.8, 4) is 0 Å². The fourth-order valence-electron chi connectivity index (χ4n) is 2.62. The smallest absolute Gasteiger partial charge is 0.241 e. The summed E-state index contributed by atoms with van der Waals surface area (Å²) in [7, 11) is 0. The Morgan fingerprint density at radius 1 is 1.35 bits per heavy atom. The minimum Gasteiger partial charge on any atom is -0.320 e. The summed E-state index contributed by atoms with van der Waals surface area (Å²) in [5, 5.41) is 5.64. The van der Waals surface area contributed by atoms with Crippen LogP contribution in [0.15, 0.2) is 17.5 Å². The first-order valence-corrected chi connectivity index (χ1v) is 8.56. The van der Waals surface area contributed by atoms with Gasteiger partial charge in [-0.1, -0.05) is 46.6 Å². The van der Waals surface area contributed by atoms with E-state index in [1.807, 2.05) is 0 Å². The molecule has 0 aromatic carbocycles. The first kappa shape index (κ1) is 15.5. The Balaban J connectivity index is 2.21. The predicted octanol–water partition coefficient (Wildman–Crippen LogP) is 3.64. The Kier molecular flexibility index (Phi) is 5.22. The maximum absolute atomic E-state index is 12.7. The number of nitrogens with zero attached hydrogens (tertiary/aromatic N) is 1. The molecule has 0 saturated carbocycles. The van der Waals surface area contributed by atoms with Gasteiger partial charge in [-0.25, -0.2) is 0 Å². The second-order valence-corrected chi connectivity index (χ2v) is 6.93. The number of carbonyl (C=O) groups is 1. The van der Waals surface area contributed by atoms with Gasteiger partial charge in [0.15, 0.2) is 0 Å². The van der Waals surface area contributed by atoms with E-state index in [9.17, 15) is 4.79 Å². The van der Waals surface area contributed by atoms with Crippen molar-refractivity contribution in [3.05, 3.63) is 22.4 Å². The fourth-order valence-corrected chi connectivity index (χ4v) is 3.42. The summed E-state index contributed by atoms with van der Waals surface area (Å²) in [5.74, 6) is 1.20. The largest absolute Gasteiger partial charge is 0.320 e. The number of thiophene rings is 1. The molecule has 1 N–H and O–H groups in total. The van der Waals surface area contributed by atoms with Crippen molar-refractivity contribution < 1.29 is 4.79 Å². The molecule has 0 bridgehead atoms. The van der Waals surface area contributed by atoms with E-state index in [0.29, 0.717) is 11.8 Å². The zero-order valence-electron chi connectivity index (χ0n) is 12.9. The van der Waals surface area contributed by atoms with Crippen LogP contribution in [0.4, 0.5) is 0 Å². The maximum atomic E-state index is 12.7. The van der Waals surface area contributed by atoms with Crippen LogP contribution >= 0.6 is 11.3 Å². The molecule has 3 nitrogen and oxygen atoms in total. The van der Waals surface area contributed by atoms with Crippen LogP contribution in [0.25, 0.3) is 0 Å². The lowest BCUT2D eigenvalue weighted by Crippen LogP contribution is -2.36. The highest BCUT2D eigenvalue weighted by atomic mass is 32.1. The van der Waals surface area contributed by atoms with Gasteiger partial charge in [0.05, 0.1) is 6.04 Å². The number of carbonyl (C=O) groups excluding carboxylic acids is 1. The molecule has 2 heterocycles. The average molecular weight is 294 g/mol. The van der Waals surface area contributed by atoms with Crippen molar-refractivity contribution in [1.82, 2.24) is 10.2 Å². The Morgan fingerprint density at radius 3 is 2.65 bits per heavy atom. The molecule has 1 aliphatic heterocycles. The van der Waals surface area contributed by atoms with E-state index in [2.05, 4.69) is 55.4 Å². The molecule has 1 aromatic heterocycles. The molecule has 0 radical (unpaired) electrons. The van der Waals surface area contributed by atoms with Gasteiger partial charge in [-0.2, -0.15) is 0 Å². The molecule has 0 spiro atoms. The minimum absolute atomic E-state index is 0.0313. The molecule has 1 fully saturated rings. The van der Waals surface area contributed by atoms with Crippen molar-refractivity contribution in [1.29, 1.82) is 0 Å². The van der Waals surface area contributed by atoms with Crippen LogP contribution in [0.1, 0.15) is 51.6 Å². The summed E-state index contributed by atoms with van der Waals surface area (Å²) >= 11 is 1.73. The Labute approximate surface area is 126 Å². The van der Waals surface area contributed by atoms with Crippen LogP contribution in [-0.2, 0) is 4.79 Å². The van der Waals surface area contributed by atoms with E-state index in [1.54, 1.807) is 11.3 Å². The molecule has 1 saturated heterocycles. The normalized spacial score (nSPS) is 26.0. The van der Waals surface area contributed by atoms with E-state index in [0.717, 1.165) is 19.4 Å². The van der Waals surface area contributed by atoms with E-state index in [-0.39, 0.29) is 18.1 Å². The third kappa shape index (κ3) is 3.07. The molecule has 2 rings (SSSR count). The number of amides is 1. The van der Waals surface area contributed by atoms with E-state index in [1.165, 1.54) is 4.88 Å². The quantitative estimate of drug-likeness (QED) is 0.869. The monoisotopic (exact) mass is 294 g/mol. The first-order valence-electron chi connectivity index (χ1n) is 7.68. The zero-order valence-corrected chi connectivity index (χ0v) is 13.7. The van der Waals surface area contributed by atoms with Crippen LogP contribution in [0.5, 0.6) is 0 Å². The molecule has 112 valence electrons. The standard InChI is InChI=1S/C16H26N2OS/c1-5-11(3)10-18-15(13-8-7-9-20-13)17-14(16(18)19)12(4)6-2/h7-9,11-12,14-15,17H,5-6,10H2,1-4H3. The fraction of sp³-hybridized carbons (Fsp3) is 0.688.